The molecule has 2 aromatic rings. The van der Waals surface area contributed by atoms with Gasteiger partial charge in [-0.15, -0.1) is 0 Å². The van der Waals surface area contributed by atoms with Gasteiger partial charge in [-0.05, 0) is 30.2 Å². The van der Waals surface area contributed by atoms with Crippen molar-refractivity contribution >= 4 is 11.4 Å². The SMILES string of the molecule is COc1cc2c(cc1OC)C(c1ccccc1NO)=NCC2. The highest BCUT2D eigenvalue weighted by atomic mass is 16.5. The second kappa shape index (κ2) is 6.07. The number of nitrogens with zero attached hydrogens (tertiary/aromatic N) is 1. The fourth-order valence-corrected chi connectivity index (χ4v) is 2.74. The van der Waals surface area contributed by atoms with E-state index in [9.17, 15) is 5.21 Å². The molecular weight excluding hydrogens is 280 g/mol. The molecular formula is C17H18N2O3. The van der Waals surface area contributed by atoms with Gasteiger partial charge in [-0.1, -0.05) is 18.2 Å². The van der Waals surface area contributed by atoms with E-state index in [2.05, 4.69) is 10.5 Å². The smallest absolute Gasteiger partial charge is 0.161 e. The maximum Gasteiger partial charge on any atom is 0.161 e. The van der Waals surface area contributed by atoms with Crippen LogP contribution in [-0.4, -0.2) is 31.7 Å². The first-order valence-corrected chi connectivity index (χ1v) is 7.07. The zero-order valence-corrected chi connectivity index (χ0v) is 12.6. The van der Waals surface area contributed by atoms with Crippen molar-refractivity contribution in [2.24, 2.45) is 4.99 Å². The first-order valence-electron chi connectivity index (χ1n) is 7.07. The second-order valence-electron chi connectivity index (χ2n) is 5.00. The Labute approximate surface area is 129 Å². The zero-order valence-electron chi connectivity index (χ0n) is 12.6. The summed E-state index contributed by atoms with van der Waals surface area (Å²) in [5, 5.41) is 9.33. The van der Waals surface area contributed by atoms with Gasteiger partial charge in [0.25, 0.3) is 0 Å². The number of rotatable bonds is 4. The van der Waals surface area contributed by atoms with Crippen LogP contribution in [0.25, 0.3) is 0 Å². The summed E-state index contributed by atoms with van der Waals surface area (Å²) in [7, 11) is 3.25. The molecule has 0 spiro atoms. The molecule has 0 saturated carbocycles. The van der Waals surface area contributed by atoms with Crippen molar-refractivity contribution in [1.82, 2.24) is 0 Å². The van der Waals surface area contributed by atoms with Gasteiger partial charge in [0.1, 0.15) is 0 Å². The second-order valence-corrected chi connectivity index (χ2v) is 5.00. The van der Waals surface area contributed by atoms with Crippen molar-refractivity contribution in [3.8, 4) is 11.5 Å². The molecule has 0 saturated heterocycles. The van der Waals surface area contributed by atoms with E-state index in [4.69, 9.17) is 9.47 Å². The molecule has 0 bridgehead atoms. The van der Waals surface area contributed by atoms with E-state index < -0.39 is 0 Å². The summed E-state index contributed by atoms with van der Waals surface area (Å²) in [5.41, 5.74) is 6.74. The Hall–Kier alpha value is -2.53. The molecule has 1 aliphatic heterocycles. The van der Waals surface area contributed by atoms with Crippen LogP contribution in [0.15, 0.2) is 41.4 Å². The quantitative estimate of drug-likeness (QED) is 0.852. The summed E-state index contributed by atoms with van der Waals surface area (Å²) < 4.78 is 10.8. The summed E-state index contributed by atoms with van der Waals surface area (Å²) in [4.78, 5) is 4.65. The van der Waals surface area contributed by atoms with Crippen molar-refractivity contribution in [3.63, 3.8) is 0 Å². The number of hydrogen-bond donors (Lipinski definition) is 2. The summed E-state index contributed by atoms with van der Waals surface area (Å²) >= 11 is 0. The number of fused-ring (bicyclic) bond motifs is 1. The Morgan fingerprint density at radius 1 is 1.05 bits per heavy atom. The third-order valence-corrected chi connectivity index (χ3v) is 3.82. The molecule has 0 aromatic heterocycles. The predicted molar refractivity (Wildman–Crippen MR) is 85.6 cm³/mol. The van der Waals surface area contributed by atoms with Gasteiger partial charge in [0.2, 0.25) is 0 Å². The minimum atomic E-state index is 0.629. The van der Waals surface area contributed by atoms with E-state index in [0.29, 0.717) is 18.0 Å². The first-order chi connectivity index (χ1) is 10.8. The summed E-state index contributed by atoms with van der Waals surface area (Å²) in [6.45, 7) is 0.706. The van der Waals surface area contributed by atoms with Crippen molar-refractivity contribution in [3.05, 3.63) is 53.1 Å². The standard InChI is InChI=1S/C17H18N2O3/c1-21-15-9-11-7-8-18-17(13(11)10-16(15)22-2)12-5-3-4-6-14(12)19-20/h3-6,9-10,19-20H,7-8H2,1-2H3. The number of ether oxygens (including phenoxy) is 2. The third-order valence-electron chi connectivity index (χ3n) is 3.82. The van der Waals surface area contributed by atoms with Crippen molar-refractivity contribution in [2.75, 3.05) is 26.2 Å². The van der Waals surface area contributed by atoms with Crippen molar-refractivity contribution in [2.45, 2.75) is 6.42 Å². The largest absolute Gasteiger partial charge is 0.493 e. The molecule has 2 N–H and O–H groups in total. The van der Waals surface area contributed by atoms with E-state index >= 15 is 0 Å². The Morgan fingerprint density at radius 3 is 2.50 bits per heavy atom. The molecule has 1 aliphatic rings. The van der Waals surface area contributed by atoms with Gasteiger partial charge in [0.15, 0.2) is 11.5 Å². The van der Waals surface area contributed by atoms with Crippen LogP contribution >= 0.6 is 0 Å². The van der Waals surface area contributed by atoms with E-state index in [-0.39, 0.29) is 0 Å². The lowest BCUT2D eigenvalue weighted by molar-refractivity contribution is 0.354. The molecule has 3 rings (SSSR count). The van der Waals surface area contributed by atoms with E-state index in [1.807, 2.05) is 36.4 Å². The van der Waals surface area contributed by atoms with Gasteiger partial charge in [-0.25, -0.2) is 0 Å². The van der Waals surface area contributed by atoms with Crippen molar-refractivity contribution < 1.29 is 14.7 Å². The lowest BCUT2D eigenvalue weighted by Crippen LogP contribution is -2.16. The summed E-state index contributed by atoms with van der Waals surface area (Å²) in [6, 6.07) is 11.5. The Kier molecular flexibility index (Phi) is 3.98. The molecule has 0 aliphatic carbocycles. The van der Waals surface area contributed by atoms with Crippen LogP contribution in [-0.2, 0) is 6.42 Å². The van der Waals surface area contributed by atoms with Gasteiger partial charge < -0.3 is 9.47 Å². The number of hydrogen-bond acceptors (Lipinski definition) is 5. The number of benzene rings is 2. The fourth-order valence-electron chi connectivity index (χ4n) is 2.74. The van der Waals surface area contributed by atoms with Crippen LogP contribution in [0.5, 0.6) is 11.5 Å². The van der Waals surface area contributed by atoms with Gasteiger partial charge >= 0.3 is 0 Å². The molecule has 0 unspecified atom stereocenters. The monoisotopic (exact) mass is 298 g/mol. The molecule has 2 aromatic carbocycles. The van der Waals surface area contributed by atoms with Crippen LogP contribution in [0.2, 0.25) is 0 Å². The molecule has 5 heteroatoms. The van der Waals surface area contributed by atoms with Gasteiger partial charge in [-0.3, -0.25) is 15.7 Å². The Morgan fingerprint density at radius 2 is 1.77 bits per heavy atom. The molecule has 0 amide bonds. The molecule has 0 radical (unpaired) electrons. The maximum absolute atomic E-state index is 9.33. The minimum absolute atomic E-state index is 0.629. The predicted octanol–water partition coefficient (Wildman–Crippen LogP) is 2.90. The average Bonchev–Trinajstić information content (AvgIpc) is 2.59. The highest BCUT2D eigenvalue weighted by molar-refractivity contribution is 6.17. The maximum atomic E-state index is 9.33. The molecule has 1 heterocycles. The minimum Gasteiger partial charge on any atom is -0.493 e. The number of methoxy groups -OCH3 is 2. The van der Waals surface area contributed by atoms with Gasteiger partial charge in [0.05, 0.1) is 25.6 Å². The van der Waals surface area contributed by atoms with E-state index in [1.54, 1.807) is 14.2 Å². The number of anilines is 1. The molecule has 5 nitrogen and oxygen atoms in total. The van der Waals surface area contributed by atoms with Crippen LogP contribution in [0.4, 0.5) is 5.69 Å². The molecule has 22 heavy (non-hydrogen) atoms. The lowest BCUT2D eigenvalue weighted by Gasteiger charge is -2.21. The molecule has 0 fully saturated rings. The number of para-hydroxylation sites is 1. The topological polar surface area (TPSA) is 63.1 Å². The van der Waals surface area contributed by atoms with Gasteiger partial charge in [-0.2, -0.15) is 0 Å². The summed E-state index contributed by atoms with van der Waals surface area (Å²) in [6.07, 6.45) is 0.855. The van der Waals surface area contributed by atoms with E-state index in [0.717, 1.165) is 34.6 Å². The normalized spacial score (nSPS) is 13.1. The van der Waals surface area contributed by atoms with Crippen LogP contribution < -0.4 is 15.0 Å². The lowest BCUT2D eigenvalue weighted by atomic mass is 9.92. The summed E-state index contributed by atoms with van der Waals surface area (Å²) in [5.74, 6) is 1.39. The fraction of sp³-hybridized carbons (Fsp3) is 0.235. The molecule has 0 atom stereocenters. The number of nitrogens with one attached hydrogen (secondary N) is 1. The van der Waals surface area contributed by atoms with Crippen molar-refractivity contribution in [1.29, 1.82) is 0 Å². The highest BCUT2D eigenvalue weighted by Crippen LogP contribution is 2.34. The molecule has 114 valence electrons. The third kappa shape index (κ3) is 2.40. The van der Waals surface area contributed by atoms with Gasteiger partial charge in [0, 0.05) is 17.7 Å². The van der Waals surface area contributed by atoms with Crippen LogP contribution in [0.3, 0.4) is 0 Å². The Bertz CT molecular complexity index is 726. The highest BCUT2D eigenvalue weighted by Gasteiger charge is 2.21. The average molecular weight is 298 g/mol. The Balaban J connectivity index is 2.16. The van der Waals surface area contributed by atoms with Crippen LogP contribution in [0.1, 0.15) is 16.7 Å². The van der Waals surface area contributed by atoms with Crippen LogP contribution in [0, 0.1) is 0 Å². The zero-order chi connectivity index (χ0) is 15.5. The van der Waals surface area contributed by atoms with E-state index in [1.165, 1.54) is 0 Å². The first kappa shape index (κ1) is 14.4. The number of aliphatic imine (C=N–C) groups is 1.